The fraction of sp³-hybridized carbons (Fsp3) is 0.500. The Hall–Kier alpha value is -1.04. The van der Waals surface area contributed by atoms with Crippen LogP contribution >= 0.6 is 0 Å². The highest BCUT2D eigenvalue weighted by molar-refractivity contribution is 5.69. The Morgan fingerprint density at radius 2 is 1.50 bits per heavy atom. The van der Waals surface area contributed by atoms with Crippen LogP contribution in [-0.4, -0.2) is 0 Å². The lowest BCUT2D eigenvalue weighted by molar-refractivity contribution is 0.620. The maximum atomic E-state index is 2.28. The van der Waals surface area contributed by atoms with Gasteiger partial charge in [-0.05, 0) is 50.7 Å². The Balaban J connectivity index is 3.14. The van der Waals surface area contributed by atoms with E-state index in [0.29, 0.717) is 5.92 Å². The molecule has 0 N–H and O–H groups in total. The molecule has 0 atom stereocenters. The summed E-state index contributed by atoms with van der Waals surface area (Å²) in [7, 11) is 0. The maximum Gasteiger partial charge on any atom is -0.0162 e. The van der Waals surface area contributed by atoms with Gasteiger partial charge in [-0.2, -0.15) is 0 Å². The Kier molecular flexibility index (Phi) is 4.79. The average molecular weight is 216 g/mol. The number of rotatable bonds is 4. The second-order valence-corrected chi connectivity index (χ2v) is 4.79. The molecule has 0 fully saturated rings. The molecule has 0 saturated heterocycles. The molecule has 0 nitrogen and oxygen atoms in total. The minimum Gasteiger partial charge on any atom is -0.0724 e. The monoisotopic (exact) mass is 216 g/mol. The molecule has 1 rings (SSSR count). The third-order valence-corrected chi connectivity index (χ3v) is 3.30. The number of hydrogen-bond donors (Lipinski definition) is 0. The summed E-state index contributed by atoms with van der Waals surface area (Å²) < 4.78 is 0. The normalized spacial score (nSPS) is 10.6. The van der Waals surface area contributed by atoms with Gasteiger partial charge in [-0.1, -0.05) is 49.2 Å². The van der Waals surface area contributed by atoms with E-state index in [1.54, 1.807) is 5.57 Å². The molecular formula is C16H24. The zero-order valence-electron chi connectivity index (χ0n) is 11.3. The molecule has 0 heterocycles. The summed E-state index contributed by atoms with van der Waals surface area (Å²) in [6.45, 7) is 11.2. The molecule has 0 saturated carbocycles. The Morgan fingerprint density at radius 1 is 1.00 bits per heavy atom. The third kappa shape index (κ3) is 2.98. The average Bonchev–Trinajstić information content (AvgIpc) is 2.27. The van der Waals surface area contributed by atoms with Gasteiger partial charge >= 0.3 is 0 Å². The summed E-state index contributed by atoms with van der Waals surface area (Å²) in [5.41, 5.74) is 5.74. The quantitative estimate of drug-likeness (QED) is 0.647. The summed E-state index contributed by atoms with van der Waals surface area (Å²) >= 11 is 0. The molecule has 0 amide bonds. The van der Waals surface area contributed by atoms with Gasteiger partial charge in [0.1, 0.15) is 0 Å². The first-order valence-electron chi connectivity index (χ1n) is 6.34. The van der Waals surface area contributed by atoms with Crippen molar-refractivity contribution in [2.24, 2.45) is 5.92 Å². The van der Waals surface area contributed by atoms with Crippen LogP contribution in [0.1, 0.15) is 51.7 Å². The number of allylic oxidation sites excluding steroid dienone is 2. The van der Waals surface area contributed by atoms with Gasteiger partial charge in [0.25, 0.3) is 0 Å². The first kappa shape index (κ1) is 13.0. The first-order chi connectivity index (χ1) is 7.60. The van der Waals surface area contributed by atoms with Crippen LogP contribution in [0, 0.1) is 12.8 Å². The molecule has 0 aliphatic carbocycles. The van der Waals surface area contributed by atoms with Gasteiger partial charge in [0.15, 0.2) is 0 Å². The van der Waals surface area contributed by atoms with Crippen LogP contribution in [0.5, 0.6) is 0 Å². The largest absolute Gasteiger partial charge is 0.0724 e. The van der Waals surface area contributed by atoms with Crippen LogP contribution in [0.4, 0.5) is 0 Å². The fourth-order valence-electron chi connectivity index (χ4n) is 2.36. The van der Waals surface area contributed by atoms with Gasteiger partial charge in [-0.25, -0.2) is 0 Å². The smallest absolute Gasteiger partial charge is 0.0162 e. The van der Waals surface area contributed by atoms with Crippen LogP contribution in [0.3, 0.4) is 0 Å². The zero-order chi connectivity index (χ0) is 12.1. The van der Waals surface area contributed by atoms with Crippen molar-refractivity contribution in [2.75, 3.05) is 0 Å². The van der Waals surface area contributed by atoms with Crippen LogP contribution in [0.15, 0.2) is 29.8 Å². The molecule has 0 heteroatoms. The maximum absolute atomic E-state index is 2.28. The van der Waals surface area contributed by atoms with Crippen molar-refractivity contribution < 1.29 is 0 Å². The third-order valence-electron chi connectivity index (χ3n) is 3.30. The molecule has 0 bridgehead atoms. The van der Waals surface area contributed by atoms with Crippen LogP contribution in [0.2, 0.25) is 0 Å². The lowest BCUT2D eigenvalue weighted by Gasteiger charge is -2.20. The summed E-state index contributed by atoms with van der Waals surface area (Å²) in [4.78, 5) is 0. The van der Waals surface area contributed by atoms with Crippen LogP contribution in [0.25, 0.3) is 5.57 Å². The number of benzene rings is 1. The van der Waals surface area contributed by atoms with Gasteiger partial charge < -0.3 is 0 Å². The molecule has 88 valence electrons. The standard InChI is InChI=1S/C16H24/c1-6-14(7-2)16(12(3)4)15-10-8-13(5)9-11-15/h8-11,14H,6-7H2,1-5H3. The van der Waals surface area contributed by atoms with E-state index in [2.05, 4.69) is 58.9 Å². The second kappa shape index (κ2) is 5.89. The summed E-state index contributed by atoms with van der Waals surface area (Å²) in [5.74, 6) is 0.702. The number of aryl methyl sites for hydroxylation is 1. The van der Waals surface area contributed by atoms with E-state index < -0.39 is 0 Å². The minimum absolute atomic E-state index is 0.702. The van der Waals surface area contributed by atoms with E-state index in [4.69, 9.17) is 0 Å². The van der Waals surface area contributed by atoms with Gasteiger partial charge in [-0.3, -0.25) is 0 Å². The lowest BCUT2D eigenvalue weighted by atomic mass is 9.85. The molecule has 0 unspecified atom stereocenters. The van der Waals surface area contributed by atoms with Gasteiger partial charge in [0.05, 0.1) is 0 Å². The van der Waals surface area contributed by atoms with Crippen molar-refractivity contribution in [3.05, 3.63) is 41.0 Å². The summed E-state index contributed by atoms with van der Waals surface area (Å²) in [6, 6.07) is 8.94. The van der Waals surface area contributed by atoms with E-state index in [1.165, 1.54) is 29.5 Å². The van der Waals surface area contributed by atoms with Gasteiger partial charge in [0.2, 0.25) is 0 Å². The SMILES string of the molecule is CCC(CC)C(=C(C)C)c1ccc(C)cc1. The highest BCUT2D eigenvalue weighted by atomic mass is 14.2. The van der Waals surface area contributed by atoms with Crippen molar-refractivity contribution >= 4 is 5.57 Å². The molecule has 0 aliphatic rings. The predicted molar refractivity (Wildman–Crippen MR) is 73.5 cm³/mol. The topological polar surface area (TPSA) is 0 Å². The molecule has 0 spiro atoms. The van der Waals surface area contributed by atoms with E-state index >= 15 is 0 Å². The number of hydrogen-bond acceptors (Lipinski definition) is 0. The zero-order valence-corrected chi connectivity index (χ0v) is 11.3. The summed E-state index contributed by atoms with van der Waals surface area (Å²) in [5, 5.41) is 0. The molecule has 0 aromatic heterocycles. The van der Waals surface area contributed by atoms with Gasteiger partial charge in [-0.15, -0.1) is 0 Å². The molecule has 16 heavy (non-hydrogen) atoms. The molecule has 0 aliphatic heterocycles. The summed E-state index contributed by atoms with van der Waals surface area (Å²) in [6.07, 6.45) is 2.45. The van der Waals surface area contributed by atoms with Crippen molar-refractivity contribution in [3.8, 4) is 0 Å². The Bertz CT molecular complexity index is 346. The van der Waals surface area contributed by atoms with E-state index in [0.717, 1.165) is 0 Å². The highest BCUT2D eigenvalue weighted by Gasteiger charge is 2.13. The van der Waals surface area contributed by atoms with E-state index in [9.17, 15) is 0 Å². The Labute approximate surface area is 100 Å². The highest BCUT2D eigenvalue weighted by Crippen LogP contribution is 2.31. The molecule has 1 aromatic rings. The van der Waals surface area contributed by atoms with E-state index in [-0.39, 0.29) is 0 Å². The second-order valence-electron chi connectivity index (χ2n) is 4.79. The van der Waals surface area contributed by atoms with Gasteiger partial charge in [0, 0.05) is 0 Å². The Morgan fingerprint density at radius 3 is 1.88 bits per heavy atom. The van der Waals surface area contributed by atoms with Crippen molar-refractivity contribution in [3.63, 3.8) is 0 Å². The van der Waals surface area contributed by atoms with Crippen molar-refractivity contribution in [1.29, 1.82) is 0 Å². The molecule has 1 aromatic carbocycles. The van der Waals surface area contributed by atoms with Crippen LogP contribution in [-0.2, 0) is 0 Å². The van der Waals surface area contributed by atoms with Crippen LogP contribution < -0.4 is 0 Å². The predicted octanol–water partition coefficient (Wildman–Crippen LogP) is 5.22. The van der Waals surface area contributed by atoms with E-state index in [1.807, 2.05) is 0 Å². The first-order valence-corrected chi connectivity index (χ1v) is 6.34. The molecular weight excluding hydrogens is 192 g/mol. The minimum atomic E-state index is 0.702. The molecule has 0 radical (unpaired) electrons. The fourth-order valence-corrected chi connectivity index (χ4v) is 2.36. The van der Waals surface area contributed by atoms with Crippen molar-refractivity contribution in [2.45, 2.75) is 47.5 Å². The van der Waals surface area contributed by atoms with Crippen molar-refractivity contribution in [1.82, 2.24) is 0 Å². The lowest BCUT2D eigenvalue weighted by Crippen LogP contribution is -2.02.